The average molecular weight is 466 g/mol. The van der Waals surface area contributed by atoms with Crippen LogP contribution in [-0.2, 0) is 4.79 Å². The lowest BCUT2D eigenvalue weighted by Gasteiger charge is -2.32. The first-order valence-corrected chi connectivity index (χ1v) is 11.5. The highest BCUT2D eigenvalue weighted by Gasteiger charge is 2.30. The van der Waals surface area contributed by atoms with Gasteiger partial charge in [-0.2, -0.15) is 0 Å². The van der Waals surface area contributed by atoms with E-state index in [-0.39, 0.29) is 17.6 Å². The van der Waals surface area contributed by atoms with Gasteiger partial charge < -0.3 is 19.5 Å². The van der Waals surface area contributed by atoms with Crippen LogP contribution in [-0.4, -0.2) is 26.8 Å². The molecular formula is C25H24ClN3O4. The largest absolute Gasteiger partial charge is 0.378 e. The molecule has 0 spiro atoms. The molecule has 1 aliphatic rings. The molecule has 8 heteroatoms. The Bertz CT molecular complexity index is 1400. The summed E-state index contributed by atoms with van der Waals surface area (Å²) in [6, 6.07) is 14.0. The van der Waals surface area contributed by atoms with E-state index in [0.717, 1.165) is 19.3 Å². The third-order valence-electron chi connectivity index (χ3n) is 6.51. The molecule has 1 fully saturated rings. The van der Waals surface area contributed by atoms with Crippen molar-refractivity contribution in [2.24, 2.45) is 0 Å². The highest BCUT2D eigenvalue weighted by molar-refractivity contribution is 6.37. The minimum Gasteiger partial charge on any atom is -0.378 e. The predicted molar refractivity (Wildman–Crippen MR) is 126 cm³/mol. The zero-order valence-corrected chi connectivity index (χ0v) is 18.9. The Balaban J connectivity index is 1.48. The summed E-state index contributed by atoms with van der Waals surface area (Å²) in [4.78, 5) is 26.2. The van der Waals surface area contributed by atoms with Crippen molar-refractivity contribution < 1.29 is 14.4 Å². The first kappa shape index (κ1) is 21.7. The second-order valence-corrected chi connectivity index (χ2v) is 9.02. The van der Waals surface area contributed by atoms with Gasteiger partial charge in [-0.1, -0.05) is 53.2 Å². The molecule has 1 saturated carbocycles. The Morgan fingerprint density at radius 3 is 2.76 bits per heavy atom. The molecule has 1 amide bonds. The fourth-order valence-electron chi connectivity index (χ4n) is 4.93. The number of aliphatic hydroxyl groups is 1. The van der Waals surface area contributed by atoms with Crippen molar-refractivity contribution in [2.75, 3.05) is 0 Å². The van der Waals surface area contributed by atoms with Gasteiger partial charge in [-0.25, -0.2) is 0 Å². The summed E-state index contributed by atoms with van der Waals surface area (Å²) in [5.41, 5.74) is 1.56. The van der Waals surface area contributed by atoms with Crippen molar-refractivity contribution in [3.8, 4) is 0 Å². The molecule has 0 bridgehead atoms. The quantitative estimate of drug-likeness (QED) is 0.464. The third-order valence-corrected chi connectivity index (χ3v) is 6.82. The van der Waals surface area contributed by atoms with Gasteiger partial charge in [0, 0.05) is 17.5 Å². The molecule has 0 aliphatic heterocycles. The molecule has 2 heterocycles. The minimum absolute atomic E-state index is 0.134. The summed E-state index contributed by atoms with van der Waals surface area (Å²) in [6.45, 7) is 1.72. The molecule has 2 N–H and O–H groups in total. The van der Waals surface area contributed by atoms with Gasteiger partial charge in [0.15, 0.2) is 6.10 Å². The Hall–Kier alpha value is -3.16. The van der Waals surface area contributed by atoms with Gasteiger partial charge in [0.05, 0.1) is 10.5 Å². The van der Waals surface area contributed by atoms with Gasteiger partial charge in [0.25, 0.3) is 11.5 Å². The maximum absolute atomic E-state index is 13.5. The Labute approximate surface area is 194 Å². The van der Waals surface area contributed by atoms with Crippen LogP contribution >= 0.6 is 11.6 Å². The van der Waals surface area contributed by atoms with Crippen molar-refractivity contribution >= 4 is 39.3 Å². The number of aliphatic hydroxyl groups excluding tert-OH is 1. The topological polar surface area (TPSA) is 97.4 Å². The normalized spacial score (nSPS) is 19.6. The number of carbonyl (C=O) groups is 1. The Kier molecular flexibility index (Phi) is 5.68. The molecule has 2 aromatic carbocycles. The van der Waals surface area contributed by atoms with E-state index in [4.69, 9.17) is 16.1 Å². The van der Waals surface area contributed by atoms with Crippen LogP contribution in [0.2, 0.25) is 5.02 Å². The lowest BCUT2D eigenvalue weighted by atomic mass is 9.90. The van der Waals surface area contributed by atoms with Crippen molar-refractivity contribution in [3.05, 3.63) is 75.2 Å². The average Bonchev–Trinajstić information content (AvgIpc) is 3.21. The molecule has 3 unspecified atom stereocenters. The van der Waals surface area contributed by atoms with Crippen LogP contribution in [0.3, 0.4) is 0 Å². The number of aromatic nitrogens is 2. The van der Waals surface area contributed by atoms with Gasteiger partial charge in [-0.05, 0) is 50.3 Å². The maximum atomic E-state index is 13.5. The van der Waals surface area contributed by atoms with Crippen molar-refractivity contribution in [2.45, 2.75) is 50.8 Å². The van der Waals surface area contributed by atoms with Crippen molar-refractivity contribution in [1.82, 2.24) is 15.0 Å². The smallest absolute Gasteiger partial charge is 0.264 e. The summed E-state index contributed by atoms with van der Waals surface area (Å²) >= 11 is 6.52. The number of fused-ring (bicyclic) bond motifs is 3. The highest BCUT2D eigenvalue weighted by atomic mass is 35.5. The molecule has 3 atom stereocenters. The fourth-order valence-corrected chi connectivity index (χ4v) is 5.19. The number of aryl methyl sites for hydroxylation is 1. The van der Waals surface area contributed by atoms with E-state index in [2.05, 4.69) is 10.5 Å². The lowest BCUT2D eigenvalue weighted by Crippen LogP contribution is -2.42. The summed E-state index contributed by atoms with van der Waals surface area (Å²) in [6.07, 6.45) is 1.76. The highest BCUT2D eigenvalue weighted by Crippen LogP contribution is 2.35. The van der Waals surface area contributed by atoms with E-state index in [9.17, 15) is 14.7 Å². The number of amides is 1. The van der Waals surface area contributed by atoms with E-state index >= 15 is 0 Å². The van der Waals surface area contributed by atoms with Crippen LogP contribution in [0.5, 0.6) is 0 Å². The SMILES string of the molecule is Cc1onc2c1c(=O)n(C1CCCC(NC(=O)C(O)c3ccccc3)C1)c1cccc(Cl)c21. The van der Waals surface area contributed by atoms with Crippen LogP contribution in [0.25, 0.3) is 21.8 Å². The molecule has 7 nitrogen and oxygen atoms in total. The van der Waals surface area contributed by atoms with Crippen LogP contribution in [0.1, 0.15) is 49.2 Å². The lowest BCUT2D eigenvalue weighted by molar-refractivity contribution is -0.130. The van der Waals surface area contributed by atoms with Crippen LogP contribution in [0, 0.1) is 6.92 Å². The number of pyridine rings is 1. The molecule has 0 saturated heterocycles. The molecule has 2 aromatic heterocycles. The van der Waals surface area contributed by atoms with Gasteiger partial charge >= 0.3 is 0 Å². The monoisotopic (exact) mass is 465 g/mol. The molecule has 170 valence electrons. The van der Waals surface area contributed by atoms with Crippen LogP contribution < -0.4 is 10.9 Å². The van der Waals surface area contributed by atoms with E-state index in [1.54, 1.807) is 41.8 Å². The number of benzene rings is 2. The summed E-state index contributed by atoms with van der Waals surface area (Å²) in [5.74, 6) is 0.0228. The van der Waals surface area contributed by atoms with Crippen molar-refractivity contribution in [3.63, 3.8) is 0 Å². The third kappa shape index (κ3) is 3.81. The number of hydrogen-bond acceptors (Lipinski definition) is 5. The fraction of sp³-hybridized carbons (Fsp3) is 0.320. The summed E-state index contributed by atoms with van der Waals surface area (Å²) < 4.78 is 7.11. The van der Waals surface area contributed by atoms with Gasteiger partial charge in [0.2, 0.25) is 0 Å². The van der Waals surface area contributed by atoms with Crippen LogP contribution in [0.15, 0.2) is 57.8 Å². The second-order valence-electron chi connectivity index (χ2n) is 8.61. The standard InChI is InChI=1S/C25H24ClN3O4/c1-14-20-22(28-33-14)21-18(26)11-6-12-19(21)29(25(20)32)17-10-5-9-16(13-17)27-24(31)23(30)15-7-3-2-4-8-15/h2-4,6-8,11-12,16-17,23,30H,5,9-10,13H2,1H3,(H,27,31). The maximum Gasteiger partial charge on any atom is 0.264 e. The summed E-state index contributed by atoms with van der Waals surface area (Å²) in [5, 5.41) is 19.2. The van der Waals surface area contributed by atoms with Gasteiger partial charge in [-0.3, -0.25) is 9.59 Å². The predicted octanol–water partition coefficient (Wildman–Crippen LogP) is 4.44. The van der Waals surface area contributed by atoms with E-state index in [0.29, 0.717) is 44.6 Å². The number of nitrogens with zero attached hydrogens (tertiary/aromatic N) is 2. The Morgan fingerprint density at radius 2 is 1.97 bits per heavy atom. The molecule has 5 rings (SSSR count). The molecular weight excluding hydrogens is 442 g/mol. The second kappa shape index (κ2) is 8.65. The molecule has 1 aliphatic carbocycles. The number of hydrogen-bond donors (Lipinski definition) is 2. The minimum atomic E-state index is -1.23. The number of nitrogens with one attached hydrogen (secondary N) is 1. The number of carbonyl (C=O) groups excluding carboxylic acids is 1. The molecule has 0 radical (unpaired) electrons. The zero-order valence-electron chi connectivity index (χ0n) is 18.1. The molecule has 4 aromatic rings. The summed E-state index contributed by atoms with van der Waals surface area (Å²) in [7, 11) is 0. The first-order chi connectivity index (χ1) is 16.0. The zero-order chi connectivity index (χ0) is 23.1. The molecule has 33 heavy (non-hydrogen) atoms. The van der Waals surface area contributed by atoms with Crippen molar-refractivity contribution in [1.29, 1.82) is 0 Å². The van der Waals surface area contributed by atoms with Gasteiger partial charge in [0.1, 0.15) is 16.7 Å². The van der Waals surface area contributed by atoms with E-state index in [1.807, 2.05) is 18.2 Å². The first-order valence-electron chi connectivity index (χ1n) is 11.1. The van der Waals surface area contributed by atoms with Crippen LogP contribution in [0.4, 0.5) is 0 Å². The van der Waals surface area contributed by atoms with Gasteiger partial charge in [-0.15, -0.1) is 0 Å². The van der Waals surface area contributed by atoms with E-state index in [1.165, 1.54) is 0 Å². The Morgan fingerprint density at radius 1 is 1.18 bits per heavy atom. The number of rotatable bonds is 4. The number of halogens is 1. The van der Waals surface area contributed by atoms with E-state index < -0.39 is 12.0 Å².